The van der Waals surface area contributed by atoms with E-state index in [1.807, 2.05) is 68.4 Å². The van der Waals surface area contributed by atoms with Crippen molar-refractivity contribution >= 4 is 11.7 Å². The van der Waals surface area contributed by atoms with Crippen LogP contribution >= 0.6 is 0 Å². The smallest absolute Gasteiger partial charge is 0.337 e. The van der Waals surface area contributed by atoms with Gasteiger partial charge in [0, 0.05) is 5.69 Å². The first-order valence-electron chi connectivity index (χ1n) is 11.3. The van der Waals surface area contributed by atoms with E-state index in [0.29, 0.717) is 17.7 Å². The molecule has 35 heavy (non-hydrogen) atoms. The Labute approximate surface area is 205 Å². The number of methoxy groups -OCH3 is 1. The maximum Gasteiger partial charge on any atom is 0.337 e. The lowest BCUT2D eigenvalue weighted by Crippen LogP contribution is -2.23. The molecule has 0 radical (unpaired) electrons. The number of carbonyl (C=O) groups excluding carboxylic acids is 1. The number of aromatic nitrogens is 1. The van der Waals surface area contributed by atoms with Gasteiger partial charge in [-0.05, 0) is 78.4 Å². The number of benzene rings is 3. The molecule has 1 aromatic heterocycles. The van der Waals surface area contributed by atoms with Gasteiger partial charge in [-0.3, -0.25) is 4.79 Å². The lowest BCUT2D eigenvalue weighted by molar-refractivity contribution is 0.0601. The normalized spacial score (nSPS) is 10.6. The van der Waals surface area contributed by atoms with E-state index in [-0.39, 0.29) is 11.2 Å². The summed E-state index contributed by atoms with van der Waals surface area (Å²) in [6.07, 6.45) is 0. The molecule has 4 aromatic rings. The van der Waals surface area contributed by atoms with Gasteiger partial charge in [0.15, 0.2) is 0 Å². The van der Waals surface area contributed by atoms with Gasteiger partial charge in [-0.15, -0.1) is 0 Å². The van der Waals surface area contributed by atoms with Crippen molar-refractivity contribution in [1.29, 1.82) is 0 Å². The third-order valence-electron chi connectivity index (χ3n) is 6.18. The fourth-order valence-corrected chi connectivity index (χ4v) is 4.28. The average molecular weight is 463 g/mol. The summed E-state index contributed by atoms with van der Waals surface area (Å²) < 4.78 is 6.54. The Morgan fingerprint density at radius 1 is 0.886 bits per heavy atom. The summed E-state index contributed by atoms with van der Waals surface area (Å²) in [4.78, 5) is 28.9. The van der Waals surface area contributed by atoms with E-state index in [0.717, 1.165) is 39.1 Å². The van der Waals surface area contributed by atoms with Gasteiger partial charge < -0.3 is 9.30 Å². The largest absolute Gasteiger partial charge is 0.465 e. The molecule has 0 aliphatic rings. The van der Waals surface area contributed by atoms with E-state index in [2.05, 4.69) is 10.9 Å². The first-order valence-corrected chi connectivity index (χ1v) is 11.3. The predicted octanol–water partition coefficient (Wildman–Crippen LogP) is 6.49. The fraction of sp³-hybridized carbons (Fsp3) is 0.167. The minimum Gasteiger partial charge on any atom is -0.465 e. The van der Waals surface area contributed by atoms with Crippen molar-refractivity contribution in [1.82, 2.24) is 4.57 Å². The zero-order valence-electron chi connectivity index (χ0n) is 20.3. The van der Waals surface area contributed by atoms with Crippen LogP contribution < -0.4 is 5.56 Å². The Balaban J connectivity index is 1.87. The third-order valence-corrected chi connectivity index (χ3v) is 6.18. The van der Waals surface area contributed by atoms with Crippen LogP contribution in [0.4, 0.5) is 5.69 Å². The van der Waals surface area contributed by atoms with Crippen LogP contribution in [0.2, 0.25) is 0 Å². The Hall–Kier alpha value is -4.43. The molecule has 0 spiro atoms. The molecule has 0 atom stereocenters. The zero-order chi connectivity index (χ0) is 25.1. The van der Waals surface area contributed by atoms with Crippen molar-refractivity contribution in [2.75, 3.05) is 7.11 Å². The maximum absolute atomic E-state index is 13.4. The zero-order valence-corrected chi connectivity index (χ0v) is 20.3. The summed E-state index contributed by atoms with van der Waals surface area (Å²) >= 11 is 0. The van der Waals surface area contributed by atoms with Crippen LogP contribution in [0.1, 0.15) is 32.6 Å². The number of carbonyl (C=O) groups is 1. The van der Waals surface area contributed by atoms with Crippen LogP contribution in [0.15, 0.2) is 77.6 Å². The van der Waals surface area contributed by atoms with Crippen LogP contribution in [0.3, 0.4) is 0 Å². The summed E-state index contributed by atoms with van der Waals surface area (Å²) in [7, 11) is 1.36. The lowest BCUT2D eigenvalue weighted by atomic mass is 9.98. The van der Waals surface area contributed by atoms with Crippen molar-refractivity contribution in [3.63, 3.8) is 0 Å². The molecule has 0 saturated heterocycles. The molecule has 1 heterocycles. The van der Waals surface area contributed by atoms with E-state index in [1.54, 1.807) is 23.6 Å². The number of ether oxygens (including phenoxy) is 1. The minimum absolute atomic E-state index is 0.139. The van der Waals surface area contributed by atoms with Crippen molar-refractivity contribution in [3.8, 4) is 22.4 Å². The number of aryl methyl sites for hydroxylation is 3. The second-order valence-corrected chi connectivity index (χ2v) is 8.65. The number of hydrogen-bond acceptors (Lipinski definition) is 3. The summed E-state index contributed by atoms with van der Waals surface area (Å²) in [5.41, 5.74) is 7.62. The average Bonchev–Trinajstić information content (AvgIpc) is 2.86. The molecule has 0 fully saturated rings. The predicted molar refractivity (Wildman–Crippen MR) is 139 cm³/mol. The van der Waals surface area contributed by atoms with Crippen LogP contribution in [0.25, 0.3) is 27.2 Å². The van der Waals surface area contributed by atoms with Crippen molar-refractivity contribution < 1.29 is 9.53 Å². The number of pyridine rings is 1. The number of nitrogens with zero attached hydrogens (tertiary/aromatic N) is 2. The van der Waals surface area contributed by atoms with Crippen molar-refractivity contribution in [2.24, 2.45) is 0 Å². The van der Waals surface area contributed by atoms with E-state index >= 15 is 0 Å². The fourth-order valence-electron chi connectivity index (χ4n) is 4.28. The molecule has 0 bridgehead atoms. The molecule has 0 N–H and O–H groups in total. The van der Waals surface area contributed by atoms with Gasteiger partial charge in [0.05, 0.1) is 25.8 Å². The van der Waals surface area contributed by atoms with Crippen LogP contribution in [-0.2, 0) is 11.3 Å². The number of rotatable bonds is 5. The van der Waals surface area contributed by atoms with Gasteiger partial charge in [-0.25, -0.2) is 9.64 Å². The maximum atomic E-state index is 13.4. The van der Waals surface area contributed by atoms with Gasteiger partial charge in [0.1, 0.15) is 0 Å². The molecule has 5 nitrogen and oxygen atoms in total. The number of esters is 1. The van der Waals surface area contributed by atoms with Gasteiger partial charge in [-0.1, -0.05) is 54.1 Å². The molecule has 4 rings (SSSR count). The van der Waals surface area contributed by atoms with Gasteiger partial charge in [0.2, 0.25) is 0 Å². The minimum atomic E-state index is -0.393. The Morgan fingerprint density at radius 2 is 1.57 bits per heavy atom. The number of hydrogen-bond donors (Lipinski definition) is 0. The van der Waals surface area contributed by atoms with Crippen molar-refractivity contribution in [2.45, 2.75) is 27.3 Å². The van der Waals surface area contributed by atoms with E-state index in [1.165, 1.54) is 7.11 Å². The third kappa shape index (κ3) is 4.78. The summed E-state index contributed by atoms with van der Waals surface area (Å²) in [5.74, 6) is -0.393. The van der Waals surface area contributed by atoms with Crippen molar-refractivity contribution in [3.05, 3.63) is 122 Å². The summed E-state index contributed by atoms with van der Waals surface area (Å²) in [5, 5.41) is 0. The Morgan fingerprint density at radius 3 is 2.26 bits per heavy atom. The summed E-state index contributed by atoms with van der Waals surface area (Å²) in [6, 6.07) is 23.2. The molecule has 3 aromatic carbocycles. The second-order valence-electron chi connectivity index (χ2n) is 8.65. The topological polar surface area (TPSA) is 52.7 Å². The SMILES string of the molecule is [C-]#[N+]c1c(C)cc(-c2cccc(-c3cccc(C(=O)OC)c3)c2)n(Cc2ccc(C)cc2C)c1=O. The van der Waals surface area contributed by atoms with E-state index in [4.69, 9.17) is 11.3 Å². The van der Waals surface area contributed by atoms with Gasteiger partial charge >= 0.3 is 5.97 Å². The highest BCUT2D eigenvalue weighted by Gasteiger charge is 2.16. The molecular weight excluding hydrogens is 436 g/mol. The molecule has 0 saturated carbocycles. The molecule has 174 valence electrons. The highest BCUT2D eigenvalue weighted by molar-refractivity contribution is 5.91. The molecule has 5 heteroatoms. The Bertz CT molecular complexity index is 1540. The lowest BCUT2D eigenvalue weighted by Gasteiger charge is -2.18. The first-order chi connectivity index (χ1) is 16.8. The van der Waals surface area contributed by atoms with Crippen LogP contribution in [0.5, 0.6) is 0 Å². The van der Waals surface area contributed by atoms with E-state index in [9.17, 15) is 9.59 Å². The van der Waals surface area contributed by atoms with E-state index < -0.39 is 5.97 Å². The molecule has 0 aliphatic heterocycles. The first kappa shape index (κ1) is 23.7. The highest BCUT2D eigenvalue weighted by atomic mass is 16.5. The van der Waals surface area contributed by atoms with Gasteiger partial charge in [-0.2, -0.15) is 0 Å². The second kappa shape index (κ2) is 9.82. The highest BCUT2D eigenvalue weighted by Crippen LogP contribution is 2.29. The summed E-state index contributed by atoms with van der Waals surface area (Å²) in [6.45, 7) is 13.8. The monoisotopic (exact) mass is 462 g/mol. The quantitative estimate of drug-likeness (QED) is 0.251. The van der Waals surface area contributed by atoms with Crippen LogP contribution in [0, 0.1) is 27.3 Å². The molecule has 0 amide bonds. The molecular formula is C30H26N2O3. The standard InChI is InChI=1S/C30H26N2O3/c1-19-12-13-26(20(2)14-19)18-32-27(15-21(3)28(31-4)29(32)33)24-10-6-8-22(16-24)23-9-7-11-25(17-23)30(34)35-5/h6-17H,18H2,1-3,5H3. The van der Waals surface area contributed by atoms with Crippen LogP contribution in [-0.4, -0.2) is 17.6 Å². The molecule has 0 aliphatic carbocycles. The Kier molecular flexibility index (Phi) is 6.66. The molecule has 0 unspecified atom stereocenters. The van der Waals surface area contributed by atoms with Gasteiger partial charge in [0.25, 0.3) is 11.2 Å².